The largest absolute Gasteiger partial charge is 0.491 e. The standard InChI is InChI=1S/C22H18Cl4O4/c23-17-11-18(24)14-21(13-17)29-9-7-27-5-3-1-2-4-6-28-8-10-30-22-15-19(25)12-20(26)16-22/h11-16H,5-10H2. The molecule has 0 saturated carbocycles. The highest BCUT2D eigenvalue weighted by Gasteiger charge is 2.00. The molecule has 8 heteroatoms. The van der Waals surface area contributed by atoms with Crippen LogP contribution in [0.25, 0.3) is 0 Å². The van der Waals surface area contributed by atoms with Gasteiger partial charge < -0.3 is 18.9 Å². The Bertz CT molecular complexity index is 824. The average Bonchev–Trinajstić information content (AvgIpc) is 2.66. The first-order valence-corrected chi connectivity index (χ1v) is 10.3. The van der Waals surface area contributed by atoms with Crippen molar-refractivity contribution in [1.29, 1.82) is 0 Å². The molecule has 0 fully saturated rings. The van der Waals surface area contributed by atoms with Gasteiger partial charge in [0.05, 0.1) is 13.2 Å². The molecule has 0 spiro atoms. The smallest absolute Gasteiger partial charge is 0.122 e. The fourth-order valence-corrected chi connectivity index (χ4v) is 3.08. The number of benzene rings is 2. The van der Waals surface area contributed by atoms with E-state index < -0.39 is 0 Å². The van der Waals surface area contributed by atoms with Crippen LogP contribution in [0.4, 0.5) is 0 Å². The van der Waals surface area contributed by atoms with Crippen LogP contribution in [-0.2, 0) is 9.47 Å². The van der Waals surface area contributed by atoms with E-state index in [-0.39, 0.29) is 13.2 Å². The van der Waals surface area contributed by atoms with Crippen molar-refractivity contribution in [3.05, 3.63) is 56.5 Å². The molecule has 0 aliphatic heterocycles. The van der Waals surface area contributed by atoms with Gasteiger partial charge in [0, 0.05) is 20.1 Å². The lowest BCUT2D eigenvalue weighted by Crippen LogP contribution is -2.07. The van der Waals surface area contributed by atoms with Gasteiger partial charge in [-0.25, -0.2) is 0 Å². The van der Waals surface area contributed by atoms with Crippen LogP contribution < -0.4 is 9.47 Å². The molecule has 0 aliphatic rings. The summed E-state index contributed by atoms with van der Waals surface area (Å²) in [5, 5.41) is 2.08. The summed E-state index contributed by atoms with van der Waals surface area (Å²) in [4.78, 5) is 0. The minimum absolute atomic E-state index is 0.255. The van der Waals surface area contributed by atoms with Crippen molar-refractivity contribution >= 4 is 46.4 Å². The highest BCUT2D eigenvalue weighted by atomic mass is 35.5. The van der Waals surface area contributed by atoms with E-state index in [9.17, 15) is 0 Å². The van der Waals surface area contributed by atoms with Crippen LogP contribution in [0.1, 0.15) is 0 Å². The predicted octanol–water partition coefficient (Wildman–Crippen LogP) is 5.80. The number of halogens is 4. The van der Waals surface area contributed by atoms with Crippen LogP contribution in [0.15, 0.2) is 36.4 Å². The van der Waals surface area contributed by atoms with E-state index in [2.05, 4.69) is 23.7 Å². The lowest BCUT2D eigenvalue weighted by Gasteiger charge is -2.06. The second kappa shape index (κ2) is 14.3. The van der Waals surface area contributed by atoms with Gasteiger partial charge in [0.25, 0.3) is 0 Å². The maximum Gasteiger partial charge on any atom is 0.122 e. The molecular weight excluding hydrogens is 470 g/mol. The molecule has 0 unspecified atom stereocenters. The fraction of sp³-hybridized carbons (Fsp3) is 0.273. The third kappa shape index (κ3) is 10.9. The summed E-state index contributed by atoms with van der Waals surface area (Å²) in [5.74, 6) is 12.1. The molecule has 4 nitrogen and oxygen atoms in total. The Labute approximate surface area is 196 Å². The van der Waals surface area contributed by atoms with Crippen molar-refractivity contribution in [3.8, 4) is 35.2 Å². The molecule has 2 aromatic rings. The zero-order valence-electron chi connectivity index (χ0n) is 15.9. The quantitative estimate of drug-likeness (QED) is 0.313. The highest BCUT2D eigenvalue weighted by molar-refractivity contribution is 6.35. The van der Waals surface area contributed by atoms with Gasteiger partial charge >= 0.3 is 0 Å². The summed E-state index contributed by atoms with van der Waals surface area (Å²) in [6.45, 7) is 2.00. The Morgan fingerprint density at radius 3 is 1.27 bits per heavy atom. The summed E-state index contributed by atoms with van der Waals surface area (Å²) in [6, 6.07) is 10.0. The maximum atomic E-state index is 5.89. The van der Waals surface area contributed by atoms with E-state index >= 15 is 0 Å². The second-order valence-corrected chi connectivity index (χ2v) is 7.36. The lowest BCUT2D eigenvalue weighted by molar-refractivity contribution is 0.124. The minimum Gasteiger partial charge on any atom is -0.491 e. The fourth-order valence-electron chi connectivity index (χ4n) is 2.07. The van der Waals surface area contributed by atoms with Crippen LogP contribution >= 0.6 is 46.4 Å². The first-order valence-electron chi connectivity index (χ1n) is 8.82. The molecular formula is C22H18Cl4O4. The summed E-state index contributed by atoms with van der Waals surface area (Å²) < 4.78 is 21.6. The van der Waals surface area contributed by atoms with E-state index in [4.69, 9.17) is 65.4 Å². The van der Waals surface area contributed by atoms with E-state index in [0.717, 1.165) is 0 Å². The zero-order chi connectivity index (χ0) is 21.6. The normalized spacial score (nSPS) is 9.87. The van der Waals surface area contributed by atoms with Crippen LogP contribution in [0.3, 0.4) is 0 Å². The van der Waals surface area contributed by atoms with Gasteiger partial charge in [-0.15, -0.1) is 0 Å². The van der Waals surface area contributed by atoms with Gasteiger partial charge in [-0.2, -0.15) is 0 Å². The zero-order valence-corrected chi connectivity index (χ0v) is 18.9. The molecule has 2 aromatic carbocycles. The van der Waals surface area contributed by atoms with Crippen molar-refractivity contribution in [2.45, 2.75) is 0 Å². The van der Waals surface area contributed by atoms with Crippen LogP contribution in [0.5, 0.6) is 11.5 Å². The van der Waals surface area contributed by atoms with Crippen LogP contribution in [0.2, 0.25) is 20.1 Å². The first-order chi connectivity index (χ1) is 14.5. The molecule has 0 heterocycles. The van der Waals surface area contributed by atoms with Crippen molar-refractivity contribution < 1.29 is 18.9 Å². The molecule has 158 valence electrons. The monoisotopic (exact) mass is 486 g/mol. The van der Waals surface area contributed by atoms with Gasteiger partial charge in [0.2, 0.25) is 0 Å². The summed E-state index contributed by atoms with van der Waals surface area (Å²) >= 11 is 23.6. The molecule has 2 rings (SSSR count). The number of rotatable bonds is 10. The van der Waals surface area contributed by atoms with Crippen molar-refractivity contribution in [2.75, 3.05) is 39.6 Å². The topological polar surface area (TPSA) is 36.9 Å². The van der Waals surface area contributed by atoms with Gasteiger partial charge in [-0.1, -0.05) is 58.2 Å². The molecule has 0 N–H and O–H groups in total. The lowest BCUT2D eigenvalue weighted by atomic mass is 10.3. The Kier molecular flexibility index (Phi) is 11.7. The molecule has 0 bridgehead atoms. The van der Waals surface area contributed by atoms with Crippen molar-refractivity contribution in [3.63, 3.8) is 0 Å². The molecule has 30 heavy (non-hydrogen) atoms. The van der Waals surface area contributed by atoms with E-state index in [1.807, 2.05) is 0 Å². The SMILES string of the molecule is Clc1cc(Cl)cc(OCCOCC#CC#CCOCCOc2cc(Cl)cc(Cl)c2)c1. The highest BCUT2D eigenvalue weighted by Crippen LogP contribution is 2.24. The number of hydrogen-bond donors (Lipinski definition) is 0. The number of hydrogen-bond acceptors (Lipinski definition) is 4. The van der Waals surface area contributed by atoms with Crippen LogP contribution in [0, 0.1) is 23.7 Å². The molecule has 0 saturated heterocycles. The maximum absolute atomic E-state index is 5.89. The van der Waals surface area contributed by atoms with Crippen molar-refractivity contribution in [1.82, 2.24) is 0 Å². The minimum atomic E-state index is 0.255. The third-order valence-corrected chi connectivity index (χ3v) is 4.13. The predicted molar refractivity (Wildman–Crippen MR) is 121 cm³/mol. The summed E-state index contributed by atoms with van der Waals surface area (Å²) in [7, 11) is 0. The Morgan fingerprint density at radius 1 is 0.533 bits per heavy atom. The molecule has 0 amide bonds. The second-order valence-electron chi connectivity index (χ2n) is 5.62. The Morgan fingerprint density at radius 2 is 0.900 bits per heavy atom. The van der Waals surface area contributed by atoms with Gasteiger partial charge in [-0.3, -0.25) is 0 Å². The summed E-state index contributed by atoms with van der Waals surface area (Å²) in [6.07, 6.45) is 0. The third-order valence-electron chi connectivity index (χ3n) is 3.25. The molecule has 0 atom stereocenters. The molecule has 0 aliphatic carbocycles. The van der Waals surface area contributed by atoms with Crippen LogP contribution in [-0.4, -0.2) is 39.6 Å². The summed E-state index contributed by atoms with van der Waals surface area (Å²) in [5.41, 5.74) is 0. The Balaban J connectivity index is 1.48. The van der Waals surface area contributed by atoms with Gasteiger partial charge in [0.1, 0.15) is 37.9 Å². The average molecular weight is 488 g/mol. The molecule has 0 radical (unpaired) electrons. The Hall–Kier alpha value is -1.76. The van der Waals surface area contributed by atoms with E-state index in [1.165, 1.54) is 0 Å². The van der Waals surface area contributed by atoms with E-state index in [0.29, 0.717) is 58.0 Å². The molecule has 0 aromatic heterocycles. The van der Waals surface area contributed by atoms with E-state index in [1.54, 1.807) is 36.4 Å². The van der Waals surface area contributed by atoms with Gasteiger partial charge in [0.15, 0.2) is 0 Å². The van der Waals surface area contributed by atoms with Crippen molar-refractivity contribution in [2.24, 2.45) is 0 Å². The number of ether oxygens (including phenoxy) is 4. The first kappa shape index (κ1) is 24.5. The van der Waals surface area contributed by atoms with Gasteiger partial charge in [-0.05, 0) is 48.2 Å².